The number of hydrogen-bond acceptors (Lipinski definition) is 3. The van der Waals surface area contributed by atoms with Crippen LogP contribution in [0.5, 0.6) is 0 Å². The van der Waals surface area contributed by atoms with Crippen LogP contribution in [0, 0.1) is 0 Å². The topological polar surface area (TPSA) is 37.8 Å². The Hall–Kier alpha value is -0.670. The Kier molecular flexibility index (Phi) is 3.44. The molecule has 1 saturated heterocycles. The van der Waals surface area contributed by atoms with Crippen molar-refractivity contribution in [3.05, 3.63) is 24.3 Å². The Morgan fingerprint density at radius 1 is 1.42 bits per heavy atom. The molecule has 66 valence electrons. The van der Waals surface area contributed by atoms with Crippen LogP contribution < -0.4 is 5.32 Å². The second-order valence-corrected chi connectivity index (χ2v) is 2.78. The fourth-order valence-electron chi connectivity index (χ4n) is 1.43. The lowest BCUT2D eigenvalue weighted by molar-refractivity contribution is 0.624. The van der Waals surface area contributed by atoms with Crippen LogP contribution in [-0.2, 0) is 0 Å². The molecule has 1 atom stereocenters. The molecule has 2 rings (SSSR count). The molecule has 1 aromatic rings. The summed E-state index contributed by atoms with van der Waals surface area (Å²) in [5.41, 5.74) is 1.07. The third-order valence-electron chi connectivity index (χ3n) is 2.00. The highest BCUT2D eigenvalue weighted by Crippen LogP contribution is 2.19. The number of aromatic nitrogens is 2. The molecule has 0 saturated carbocycles. The zero-order valence-electron chi connectivity index (χ0n) is 6.73. The molecule has 1 aliphatic rings. The molecule has 0 radical (unpaired) electrons. The molecule has 0 amide bonds. The summed E-state index contributed by atoms with van der Waals surface area (Å²) >= 11 is 0. The lowest BCUT2D eigenvalue weighted by Crippen LogP contribution is -2.14. The van der Waals surface area contributed by atoms with Crippen molar-refractivity contribution in [2.45, 2.75) is 18.9 Å². The Labute approximate surface area is 78.0 Å². The molecule has 1 fully saturated rings. The first-order valence-electron chi connectivity index (χ1n) is 3.96. The molecule has 1 aliphatic heterocycles. The number of rotatable bonds is 1. The van der Waals surface area contributed by atoms with Crippen LogP contribution in [0.4, 0.5) is 0 Å². The summed E-state index contributed by atoms with van der Waals surface area (Å²) in [5.74, 6) is 0. The van der Waals surface area contributed by atoms with Gasteiger partial charge in [-0.05, 0) is 19.4 Å². The van der Waals surface area contributed by atoms with Crippen molar-refractivity contribution >= 4 is 12.4 Å². The smallest absolute Gasteiger partial charge is 0.0756 e. The predicted molar refractivity (Wildman–Crippen MR) is 49.3 cm³/mol. The van der Waals surface area contributed by atoms with Crippen LogP contribution in [0.3, 0.4) is 0 Å². The highest BCUT2D eigenvalue weighted by atomic mass is 35.5. The lowest BCUT2D eigenvalue weighted by Gasteiger charge is -2.06. The van der Waals surface area contributed by atoms with Gasteiger partial charge in [0.1, 0.15) is 0 Å². The summed E-state index contributed by atoms with van der Waals surface area (Å²) in [6, 6.07) is 0.448. The second kappa shape index (κ2) is 4.38. The van der Waals surface area contributed by atoms with Gasteiger partial charge < -0.3 is 5.32 Å². The van der Waals surface area contributed by atoms with Gasteiger partial charge >= 0.3 is 0 Å². The zero-order chi connectivity index (χ0) is 7.52. The third kappa shape index (κ3) is 1.93. The van der Waals surface area contributed by atoms with E-state index in [0.717, 1.165) is 12.2 Å². The second-order valence-electron chi connectivity index (χ2n) is 2.78. The highest BCUT2D eigenvalue weighted by molar-refractivity contribution is 5.85. The Bertz CT molecular complexity index is 221. The average molecular weight is 186 g/mol. The molecule has 0 aliphatic carbocycles. The Morgan fingerprint density at radius 3 is 2.92 bits per heavy atom. The van der Waals surface area contributed by atoms with E-state index in [1.165, 1.54) is 12.8 Å². The van der Waals surface area contributed by atoms with Crippen molar-refractivity contribution < 1.29 is 0 Å². The summed E-state index contributed by atoms with van der Waals surface area (Å²) in [4.78, 5) is 8.26. The molecule has 3 nitrogen and oxygen atoms in total. The average Bonchev–Trinajstić information content (AvgIpc) is 2.58. The SMILES string of the molecule is Cl.c1cnc(C2CCCN2)cn1. The molecule has 1 unspecified atom stereocenters. The Morgan fingerprint density at radius 2 is 2.33 bits per heavy atom. The van der Waals surface area contributed by atoms with E-state index >= 15 is 0 Å². The molecular weight excluding hydrogens is 174 g/mol. The zero-order valence-corrected chi connectivity index (χ0v) is 7.55. The summed E-state index contributed by atoms with van der Waals surface area (Å²) < 4.78 is 0. The summed E-state index contributed by atoms with van der Waals surface area (Å²) in [5, 5.41) is 3.37. The molecule has 1 N–H and O–H groups in total. The monoisotopic (exact) mass is 185 g/mol. The molecule has 4 heteroatoms. The van der Waals surface area contributed by atoms with Gasteiger partial charge in [0.15, 0.2) is 0 Å². The van der Waals surface area contributed by atoms with Crippen molar-refractivity contribution in [2.75, 3.05) is 6.54 Å². The summed E-state index contributed by atoms with van der Waals surface area (Å²) in [6.07, 6.45) is 7.73. The van der Waals surface area contributed by atoms with E-state index < -0.39 is 0 Å². The standard InChI is InChI=1S/C8H11N3.ClH/c1-2-7(10-3-1)8-6-9-4-5-11-8;/h4-7,10H,1-3H2;1H. The quantitative estimate of drug-likeness (QED) is 0.717. The maximum atomic E-state index is 4.24. The summed E-state index contributed by atoms with van der Waals surface area (Å²) in [7, 11) is 0. The molecule has 2 heterocycles. The van der Waals surface area contributed by atoms with Crippen LogP contribution in [-0.4, -0.2) is 16.5 Å². The maximum Gasteiger partial charge on any atom is 0.0756 e. The van der Waals surface area contributed by atoms with Gasteiger partial charge in [0, 0.05) is 18.6 Å². The normalized spacial score (nSPS) is 21.8. The van der Waals surface area contributed by atoms with E-state index in [0.29, 0.717) is 6.04 Å². The van der Waals surface area contributed by atoms with Gasteiger partial charge in [-0.25, -0.2) is 0 Å². The molecule has 0 spiro atoms. The molecule has 0 aromatic carbocycles. The van der Waals surface area contributed by atoms with Crippen molar-refractivity contribution in [2.24, 2.45) is 0 Å². The van der Waals surface area contributed by atoms with Crippen LogP contribution in [0.1, 0.15) is 24.6 Å². The molecular formula is C8H12ClN3. The highest BCUT2D eigenvalue weighted by Gasteiger charge is 2.16. The van der Waals surface area contributed by atoms with E-state index in [1.807, 2.05) is 6.20 Å². The molecule has 1 aromatic heterocycles. The maximum absolute atomic E-state index is 4.24. The van der Waals surface area contributed by atoms with Crippen molar-refractivity contribution in [1.29, 1.82) is 0 Å². The predicted octanol–water partition coefficient (Wildman–Crippen LogP) is 1.32. The van der Waals surface area contributed by atoms with Crippen molar-refractivity contribution in [3.63, 3.8) is 0 Å². The van der Waals surface area contributed by atoms with Gasteiger partial charge in [-0.3, -0.25) is 9.97 Å². The van der Waals surface area contributed by atoms with Gasteiger partial charge in [-0.15, -0.1) is 12.4 Å². The van der Waals surface area contributed by atoms with Crippen LogP contribution in [0.15, 0.2) is 18.6 Å². The number of nitrogens with zero attached hydrogens (tertiary/aromatic N) is 2. The van der Waals surface area contributed by atoms with E-state index in [4.69, 9.17) is 0 Å². The van der Waals surface area contributed by atoms with Gasteiger partial charge in [0.2, 0.25) is 0 Å². The Balaban J connectivity index is 0.000000720. The minimum absolute atomic E-state index is 0. The fraction of sp³-hybridized carbons (Fsp3) is 0.500. The number of nitrogens with one attached hydrogen (secondary N) is 1. The van der Waals surface area contributed by atoms with Crippen molar-refractivity contribution in [1.82, 2.24) is 15.3 Å². The lowest BCUT2D eigenvalue weighted by atomic mass is 10.2. The van der Waals surface area contributed by atoms with E-state index in [9.17, 15) is 0 Å². The van der Waals surface area contributed by atoms with Crippen LogP contribution >= 0.6 is 12.4 Å². The molecule has 0 bridgehead atoms. The van der Waals surface area contributed by atoms with Crippen LogP contribution in [0.2, 0.25) is 0 Å². The minimum Gasteiger partial charge on any atom is -0.309 e. The van der Waals surface area contributed by atoms with Crippen LogP contribution in [0.25, 0.3) is 0 Å². The fourth-order valence-corrected chi connectivity index (χ4v) is 1.43. The first-order chi connectivity index (χ1) is 5.47. The largest absolute Gasteiger partial charge is 0.309 e. The number of hydrogen-bond donors (Lipinski definition) is 1. The van der Waals surface area contributed by atoms with Gasteiger partial charge in [0.25, 0.3) is 0 Å². The third-order valence-corrected chi connectivity index (χ3v) is 2.00. The number of halogens is 1. The van der Waals surface area contributed by atoms with E-state index in [1.54, 1.807) is 12.4 Å². The van der Waals surface area contributed by atoms with Gasteiger partial charge in [0.05, 0.1) is 11.7 Å². The first-order valence-corrected chi connectivity index (χ1v) is 3.96. The minimum atomic E-state index is 0. The summed E-state index contributed by atoms with van der Waals surface area (Å²) in [6.45, 7) is 1.11. The van der Waals surface area contributed by atoms with E-state index in [2.05, 4.69) is 15.3 Å². The first kappa shape index (κ1) is 9.42. The van der Waals surface area contributed by atoms with Gasteiger partial charge in [-0.2, -0.15) is 0 Å². The van der Waals surface area contributed by atoms with E-state index in [-0.39, 0.29) is 12.4 Å². The van der Waals surface area contributed by atoms with Crippen molar-refractivity contribution in [3.8, 4) is 0 Å². The van der Waals surface area contributed by atoms with Gasteiger partial charge in [-0.1, -0.05) is 0 Å². The molecule has 12 heavy (non-hydrogen) atoms.